The number of likely N-dealkylation sites (N-methyl/N-ethyl adjacent to an activating group) is 1. The zero-order valence-corrected chi connectivity index (χ0v) is 25.4. The van der Waals surface area contributed by atoms with Crippen LogP contribution in [0.5, 0.6) is 0 Å². The van der Waals surface area contributed by atoms with Crippen LogP contribution in [0.2, 0.25) is 0 Å². The maximum absolute atomic E-state index is 11.9. The normalized spacial score (nSPS) is 12.9. The van der Waals surface area contributed by atoms with E-state index in [1.165, 1.54) is 0 Å². The van der Waals surface area contributed by atoms with Gasteiger partial charge in [0, 0.05) is 37.8 Å². The third kappa shape index (κ3) is 31.3. The third-order valence-electron chi connectivity index (χ3n) is 5.23. The molecular weight excluding hydrogens is 524 g/mol. The van der Waals surface area contributed by atoms with E-state index >= 15 is 0 Å². The summed E-state index contributed by atoms with van der Waals surface area (Å²) in [6.07, 6.45) is 0.735. The SMILES string of the molecule is CNCCOCCOCC(C)COCCOCCNC(=O)CCOCCOCC(C)COCCOCCC(C)=O. The van der Waals surface area contributed by atoms with E-state index in [1.807, 2.05) is 14.0 Å². The second kappa shape index (κ2) is 30.7. The maximum atomic E-state index is 11.9. The van der Waals surface area contributed by atoms with E-state index in [2.05, 4.69) is 17.6 Å². The highest BCUT2D eigenvalue weighted by atomic mass is 16.5. The molecule has 1 amide bonds. The number of carbonyl (C=O) groups is 2. The first-order valence-corrected chi connectivity index (χ1v) is 14.5. The lowest BCUT2D eigenvalue weighted by Crippen LogP contribution is -2.28. The highest BCUT2D eigenvalue weighted by Crippen LogP contribution is 1.98. The summed E-state index contributed by atoms with van der Waals surface area (Å²) in [5.41, 5.74) is 0. The molecule has 0 spiro atoms. The molecule has 238 valence electrons. The van der Waals surface area contributed by atoms with E-state index in [0.29, 0.717) is 131 Å². The summed E-state index contributed by atoms with van der Waals surface area (Å²) in [6, 6.07) is 0. The van der Waals surface area contributed by atoms with E-state index in [9.17, 15) is 9.59 Å². The Labute approximate surface area is 241 Å². The fourth-order valence-corrected chi connectivity index (χ4v) is 3.02. The van der Waals surface area contributed by atoms with Crippen molar-refractivity contribution in [2.45, 2.75) is 33.6 Å². The predicted octanol–water partition coefficient (Wildman–Crippen LogP) is 1.10. The average molecular weight is 581 g/mol. The molecule has 0 bridgehead atoms. The number of hydrogen-bond acceptors (Lipinski definition) is 11. The Balaban J connectivity index is 3.33. The molecule has 0 rings (SSSR count). The first kappa shape index (κ1) is 38.8. The Morgan fingerprint density at radius 2 is 0.900 bits per heavy atom. The minimum absolute atomic E-state index is 0.0712. The summed E-state index contributed by atoms with van der Waals surface area (Å²) in [5.74, 6) is 0.609. The molecule has 2 N–H and O–H groups in total. The lowest BCUT2D eigenvalue weighted by Gasteiger charge is -2.13. The number of hydrogen-bond donors (Lipinski definition) is 2. The van der Waals surface area contributed by atoms with Crippen molar-refractivity contribution >= 4 is 11.7 Å². The van der Waals surface area contributed by atoms with Crippen LogP contribution in [0.4, 0.5) is 0 Å². The van der Waals surface area contributed by atoms with E-state index < -0.39 is 0 Å². The van der Waals surface area contributed by atoms with Gasteiger partial charge in [-0.05, 0) is 14.0 Å². The van der Waals surface area contributed by atoms with Crippen LogP contribution in [-0.4, -0.2) is 138 Å². The molecule has 0 aliphatic carbocycles. The first-order chi connectivity index (χ1) is 19.5. The molecule has 2 unspecified atom stereocenters. The monoisotopic (exact) mass is 580 g/mol. The summed E-state index contributed by atoms with van der Waals surface area (Å²) < 4.78 is 43.9. The smallest absolute Gasteiger partial charge is 0.222 e. The summed E-state index contributed by atoms with van der Waals surface area (Å²) in [5, 5.41) is 5.83. The van der Waals surface area contributed by atoms with Crippen LogP contribution in [0.25, 0.3) is 0 Å². The fourth-order valence-electron chi connectivity index (χ4n) is 3.02. The molecule has 2 atom stereocenters. The Morgan fingerprint density at radius 3 is 1.32 bits per heavy atom. The summed E-state index contributed by atoms with van der Waals surface area (Å²) in [6.45, 7) is 15.3. The zero-order chi connectivity index (χ0) is 29.5. The number of carbonyl (C=O) groups excluding carboxylic acids is 2. The van der Waals surface area contributed by atoms with Crippen LogP contribution < -0.4 is 10.6 Å². The largest absolute Gasteiger partial charge is 0.379 e. The molecule has 0 aliphatic heterocycles. The van der Waals surface area contributed by atoms with Gasteiger partial charge in [-0.25, -0.2) is 0 Å². The number of ketones is 1. The van der Waals surface area contributed by atoms with Crippen LogP contribution in [0.1, 0.15) is 33.6 Å². The molecule has 12 nitrogen and oxygen atoms in total. The first-order valence-electron chi connectivity index (χ1n) is 14.5. The van der Waals surface area contributed by atoms with Crippen molar-refractivity contribution in [1.29, 1.82) is 0 Å². The quantitative estimate of drug-likeness (QED) is 0.111. The summed E-state index contributed by atoms with van der Waals surface area (Å²) in [4.78, 5) is 22.7. The second-order valence-electron chi connectivity index (χ2n) is 9.62. The Bertz CT molecular complexity index is 571. The van der Waals surface area contributed by atoms with Crippen molar-refractivity contribution < 1.29 is 47.5 Å². The van der Waals surface area contributed by atoms with Crippen LogP contribution in [0.15, 0.2) is 0 Å². The molecular formula is C28H56N2O10. The highest BCUT2D eigenvalue weighted by Gasteiger charge is 2.05. The zero-order valence-electron chi connectivity index (χ0n) is 25.4. The maximum Gasteiger partial charge on any atom is 0.222 e. The molecule has 0 radical (unpaired) electrons. The summed E-state index contributed by atoms with van der Waals surface area (Å²) >= 11 is 0. The van der Waals surface area contributed by atoms with Gasteiger partial charge in [0.15, 0.2) is 0 Å². The van der Waals surface area contributed by atoms with E-state index in [0.717, 1.165) is 6.54 Å². The van der Waals surface area contributed by atoms with Gasteiger partial charge in [-0.2, -0.15) is 0 Å². The Morgan fingerprint density at radius 1 is 0.525 bits per heavy atom. The van der Waals surface area contributed by atoms with Gasteiger partial charge in [0.05, 0.1) is 106 Å². The van der Waals surface area contributed by atoms with Crippen LogP contribution >= 0.6 is 0 Å². The second-order valence-corrected chi connectivity index (χ2v) is 9.62. The van der Waals surface area contributed by atoms with Crippen molar-refractivity contribution in [2.24, 2.45) is 11.8 Å². The topological polar surface area (TPSA) is 132 Å². The standard InChI is InChI=1S/C28H56N2O10/c1-25(21-37-17-13-33-9-5-27(3)31)22-38-18-14-34-10-6-28(32)30-8-12-36-16-20-40-24-26(2)23-39-19-15-35-11-7-29-4/h25-26,29H,5-24H2,1-4H3,(H,30,32). The van der Waals surface area contributed by atoms with Gasteiger partial charge in [0.2, 0.25) is 5.91 Å². The van der Waals surface area contributed by atoms with Crippen molar-refractivity contribution in [3.05, 3.63) is 0 Å². The number of rotatable bonds is 32. The van der Waals surface area contributed by atoms with Crippen LogP contribution in [0.3, 0.4) is 0 Å². The average Bonchev–Trinajstić information content (AvgIpc) is 2.92. The molecule has 0 aliphatic rings. The van der Waals surface area contributed by atoms with Gasteiger partial charge in [0.1, 0.15) is 5.78 Å². The highest BCUT2D eigenvalue weighted by molar-refractivity contribution is 5.76. The van der Waals surface area contributed by atoms with E-state index in [-0.39, 0.29) is 17.6 Å². The number of Topliss-reactive ketones (excluding diaryl/α,β-unsaturated/α-hetero) is 1. The van der Waals surface area contributed by atoms with Crippen molar-refractivity contribution in [1.82, 2.24) is 10.6 Å². The minimum atomic E-state index is -0.0712. The van der Waals surface area contributed by atoms with Gasteiger partial charge in [0.25, 0.3) is 0 Å². The molecule has 0 aromatic rings. The predicted molar refractivity (Wildman–Crippen MR) is 152 cm³/mol. The van der Waals surface area contributed by atoms with E-state index in [1.54, 1.807) is 6.92 Å². The van der Waals surface area contributed by atoms with E-state index in [4.69, 9.17) is 37.9 Å². The minimum Gasteiger partial charge on any atom is -0.379 e. The van der Waals surface area contributed by atoms with Gasteiger partial charge >= 0.3 is 0 Å². The Hall–Kier alpha value is -1.22. The third-order valence-corrected chi connectivity index (χ3v) is 5.23. The van der Waals surface area contributed by atoms with Gasteiger partial charge in [-0.1, -0.05) is 13.8 Å². The van der Waals surface area contributed by atoms with Crippen LogP contribution in [-0.2, 0) is 47.5 Å². The van der Waals surface area contributed by atoms with Crippen molar-refractivity contribution in [3.8, 4) is 0 Å². The molecule has 0 saturated heterocycles. The van der Waals surface area contributed by atoms with Crippen molar-refractivity contribution in [3.63, 3.8) is 0 Å². The molecule has 0 aromatic carbocycles. The van der Waals surface area contributed by atoms with Gasteiger partial charge in [-0.3, -0.25) is 9.59 Å². The Kier molecular flexibility index (Phi) is 29.8. The molecule has 40 heavy (non-hydrogen) atoms. The van der Waals surface area contributed by atoms with Crippen molar-refractivity contribution in [2.75, 3.05) is 126 Å². The lowest BCUT2D eigenvalue weighted by molar-refractivity contribution is -0.122. The number of nitrogens with one attached hydrogen (secondary N) is 2. The number of ether oxygens (including phenoxy) is 8. The molecule has 0 aromatic heterocycles. The summed E-state index contributed by atoms with van der Waals surface area (Å²) in [7, 11) is 1.89. The lowest BCUT2D eigenvalue weighted by atomic mass is 10.2. The molecule has 0 fully saturated rings. The number of amides is 1. The fraction of sp³-hybridized carbons (Fsp3) is 0.929. The van der Waals surface area contributed by atoms with Gasteiger partial charge in [-0.15, -0.1) is 0 Å². The molecule has 0 heterocycles. The van der Waals surface area contributed by atoms with Gasteiger partial charge < -0.3 is 48.5 Å². The molecule has 12 heteroatoms. The van der Waals surface area contributed by atoms with Crippen LogP contribution in [0, 0.1) is 11.8 Å². The molecule has 0 saturated carbocycles.